The summed E-state index contributed by atoms with van der Waals surface area (Å²) >= 11 is 0. The zero-order valence-corrected chi connectivity index (χ0v) is 17.1. The summed E-state index contributed by atoms with van der Waals surface area (Å²) in [5, 5.41) is 3.57. The predicted molar refractivity (Wildman–Crippen MR) is 102 cm³/mol. The number of piperidine rings is 1. The molecule has 1 aliphatic heterocycles. The van der Waals surface area contributed by atoms with Gasteiger partial charge in [0.25, 0.3) is 0 Å². The summed E-state index contributed by atoms with van der Waals surface area (Å²) in [6.45, 7) is 12.9. The van der Waals surface area contributed by atoms with E-state index < -0.39 is 10.0 Å². The van der Waals surface area contributed by atoms with Crippen LogP contribution in [-0.4, -0.2) is 32.1 Å². The minimum absolute atomic E-state index is 0.114. The van der Waals surface area contributed by atoms with Gasteiger partial charge >= 0.3 is 0 Å². The molecule has 6 heteroatoms. The van der Waals surface area contributed by atoms with Gasteiger partial charge in [-0.3, -0.25) is 0 Å². The first-order chi connectivity index (χ1) is 11.4. The number of nitrogens with one attached hydrogen (secondary N) is 2. The van der Waals surface area contributed by atoms with Gasteiger partial charge in [0.2, 0.25) is 10.0 Å². The minimum atomic E-state index is -3.64. The van der Waals surface area contributed by atoms with Crippen LogP contribution in [0.5, 0.6) is 5.75 Å². The molecule has 1 heterocycles. The quantitative estimate of drug-likeness (QED) is 0.808. The first-order valence-corrected chi connectivity index (χ1v) is 10.5. The molecule has 0 radical (unpaired) electrons. The Labute approximate surface area is 152 Å². The highest BCUT2D eigenvalue weighted by Gasteiger charge is 2.39. The zero-order chi connectivity index (χ0) is 18.9. The summed E-state index contributed by atoms with van der Waals surface area (Å²) in [5.41, 5.74) is 0.738. The molecule has 25 heavy (non-hydrogen) atoms. The SMILES string of the molecule is CCCOc1cc(C)ccc1S(=O)(=O)NC1CC(C)(C)NC(C)(C)C1. The molecule has 2 N–H and O–H groups in total. The summed E-state index contributed by atoms with van der Waals surface area (Å²) in [7, 11) is -3.64. The van der Waals surface area contributed by atoms with Crippen LogP contribution in [0.1, 0.15) is 59.4 Å². The Morgan fingerprint density at radius 2 is 1.80 bits per heavy atom. The monoisotopic (exact) mass is 368 g/mol. The van der Waals surface area contributed by atoms with Crippen molar-refractivity contribution in [3.63, 3.8) is 0 Å². The highest BCUT2D eigenvalue weighted by molar-refractivity contribution is 7.89. The van der Waals surface area contributed by atoms with Gasteiger partial charge in [-0.25, -0.2) is 13.1 Å². The molecule has 2 rings (SSSR count). The van der Waals surface area contributed by atoms with Crippen LogP contribution in [-0.2, 0) is 10.0 Å². The molecule has 142 valence electrons. The molecular weight excluding hydrogens is 336 g/mol. The fourth-order valence-corrected chi connectivity index (χ4v) is 5.21. The van der Waals surface area contributed by atoms with E-state index in [2.05, 4.69) is 37.7 Å². The van der Waals surface area contributed by atoms with Gasteiger partial charge in [0, 0.05) is 17.1 Å². The summed E-state index contributed by atoms with van der Waals surface area (Å²) < 4.78 is 34.6. The largest absolute Gasteiger partial charge is 0.492 e. The fourth-order valence-electron chi connectivity index (χ4n) is 3.85. The van der Waals surface area contributed by atoms with Crippen LogP contribution in [0.15, 0.2) is 23.1 Å². The van der Waals surface area contributed by atoms with E-state index >= 15 is 0 Å². The van der Waals surface area contributed by atoms with E-state index in [0.29, 0.717) is 12.4 Å². The Morgan fingerprint density at radius 3 is 2.36 bits per heavy atom. The van der Waals surface area contributed by atoms with Crippen molar-refractivity contribution in [2.45, 2.75) is 82.8 Å². The van der Waals surface area contributed by atoms with Crippen molar-refractivity contribution in [3.8, 4) is 5.75 Å². The maximum Gasteiger partial charge on any atom is 0.244 e. The van der Waals surface area contributed by atoms with Crippen molar-refractivity contribution in [3.05, 3.63) is 23.8 Å². The highest BCUT2D eigenvalue weighted by atomic mass is 32.2. The second-order valence-electron chi connectivity index (χ2n) is 8.42. The zero-order valence-electron chi connectivity index (χ0n) is 16.3. The molecular formula is C19H32N2O3S. The first kappa shape index (κ1) is 20.2. The van der Waals surface area contributed by atoms with Gasteiger partial charge in [-0.05, 0) is 71.6 Å². The number of sulfonamides is 1. The maximum absolute atomic E-state index is 13.0. The van der Waals surface area contributed by atoms with Gasteiger partial charge in [0.15, 0.2) is 0 Å². The lowest BCUT2D eigenvalue weighted by molar-refractivity contribution is 0.157. The van der Waals surface area contributed by atoms with Gasteiger partial charge in [0.1, 0.15) is 10.6 Å². The van der Waals surface area contributed by atoms with Gasteiger partial charge in [-0.2, -0.15) is 0 Å². The number of aryl methyl sites for hydroxylation is 1. The lowest BCUT2D eigenvalue weighted by Crippen LogP contribution is -2.62. The molecule has 0 aromatic heterocycles. The van der Waals surface area contributed by atoms with Crippen LogP contribution >= 0.6 is 0 Å². The Hall–Kier alpha value is -1.11. The van der Waals surface area contributed by atoms with E-state index in [-0.39, 0.29) is 22.0 Å². The standard InChI is InChI=1S/C19H32N2O3S/c1-7-10-24-16-11-14(2)8-9-17(16)25(22,23)20-15-12-18(3,4)21-19(5,6)13-15/h8-9,11,15,20-21H,7,10,12-13H2,1-6H3. The third kappa shape index (κ3) is 5.43. The van der Waals surface area contributed by atoms with Crippen LogP contribution in [0.3, 0.4) is 0 Å². The maximum atomic E-state index is 13.0. The molecule has 0 amide bonds. The van der Waals surface area contributed by atoms with Gasteiger partial charge in [0.05, 0.1) is 6.61 Å². The normalized spacial score (nSPS) is 20.4. The van der Waals surface area contributed by atoms with Gasteiger partial charge in [-0.15, -0.1) is 0 Å². The van der Waals surface area contributed by atoms with E-state index in [0.717, 1.165) is 24.8 Å². The molecule has 0 aliphatic carbocycles. The van der Waals surface area contributed by atoms with E-state index in [1.807, 2.05) is 19.9 Å². The third-order valence-electron chi connectivity index (χ3n) is 4.36. The molecule has 0 saturated carbocycles. The second kappa shape index (κ2) is 7.25. The first-order valence-electron chi connectivity index (χ1n) is 8.99. The van der Waals surface area contributed by atoms with Crippen molar-refractivity contribution >= 4 is 10.0 Å². The van der Waals surface area contributed by atoms with Crippen LogP contribution in [0, 0.1) is 6.92 Å². The van der Waals surface area contributed by atoms with E-state index in [1.54, 1.807) is 12.1 Å². The minimum Gasteiger partial charge on any atom is -0.492 e. The fraction of sp³-hybridized carbons (Fsp3) is 0.684. The molecule has 1 aromatic carbocycles. The van der Waals surface area contributed by atoms with Gasteiger partial charge in [-0.1, -0.05) is 13.0 Å². The third-order valence-corrected chi connectivity index (χ3v) is 5.92. The predicted octanol–water partition coefficient (Wildman–Crippen LogP) is 3.37. The van der Waals surface area contributed by atoms with Crippen molar-refractivity contribution in [2.75, 3.05) is 6.61 Å². The molecule has 0 bridgehead atoms. The Morgan fingerprint density at radius 1 is 1.20 bits per heavy atom. The highest BCUT2D eigenvalue weighted by Crippen LogP contribution is 2.31. The lowest BCUT2D eigenvalue weighted by Gasteiger charge is -2.46. The van der Waals surface area contributed by atoms with Crippen LogP contribution in [0.2, 0.25) is 0 Å². The molecule has 1 aliphatic rings. The molecule has 0 unspecified atom stereocenters. The summed E-state index contributed by atoms with van der Waals surface area (Å²) in [6, 6.07) is 5.13. The summed E-state index contributed by atoms with van der Waals surface area (Å²) in [4.78, 5) is 0.223. The lowest BCUT2D eigenvalue weighted by atomic mass is 9.80. The van der Waals surface area contributed by atoms with Gasteiger partial charge < -0.3 is 10.1 Å². The molecule has 0 spiro atoms. The number of ether oxygens (including phenoxy) is 1. The molecule has 1 fully saturated rings. The molecule has 1 aromatic rings. The van der Waals surface area contributed by atoms with Crippen molar-refractivity contribution in [1.82, 2.24) is 10.0 Å². The topological polar surface area (TPSA) is 67.4 Å². The van der Waals surface area contributed by atoms with Crippen LogP contribution in [0.25, 0.3) is 0 Å². The molecule has 0 atom stereocenters. The van der Waals surface area contributed by atoms with Crippen molar-refractivity contribution in [2.24, 2.45) is 0 Å². The Bertz CT molecular complexity index is 695. The second-order valence-corrected chi connectivity index (χ2v) is 10.1. The average Bonchev–Trinajstić information content (AvgIpc) is 2.40. The van der Waals surface area contributed by atoms with E-state index in [9.17, 15) is 8.42 Å². The number of benzene rings is 1. The van der Waals surface area contributed by atoms with E-state index in [1.165, 1.54) is 0 Å². The summed E-state index contributed by atoms with van der Waals surface area (Å²) in [5.74, 6) is 0.432. The van der Waals surface area contributed by atoms with Crippen LogP contribution in [0.4, 0.5) is 0 Å². The van der Waals surface area contributed by atoms with Crippen molar-refractivity contribution in [1.29, 1.82) is 0 Å². The van der Waals surface area contributed by atoms with Crippen LogP contribution < -0.4 is 14.8 Å². The smallest absolute Gasteiger partial charge is 0.244 e. The molecule has 1 saturated heterocycles. The van der Waals surface area contributed by atoms with Crippen molar-refractivity contribution < 1.29 is 13.2 Å². The number of rotatable bonds is 6. The summed E-state index contributed by atoms with van der Waals surface area (Å²) in [6.07, 6.45) is 2.32. The molecule has 5 nitrogen and oxygen atoms in total. The Kier molecular flexibility index (Phi) is 5.86. The average molecular weight is 369 g/mol. The Balaban J connectivity index is 2.27. The van der Waals surface area contributed by atoms with E-state index in [4.69, 9.17) is 4.74 Å². The number of hydrogen-bond donors (Lipinski definition) is 2. The number of hydrogen-bond acceptors (Lipinski definition) is 4.